The second-order valence-electron chi connectivity index (χ2n) is 6.01. The number of rotatable bonds is 7. The Morgan fingerprint density at radius 2 is 2.33 bits per heavy atom. The number of aliphatic imine (C=N–C) groups is 1. The van der Waals surface area contributed by atoms with Crippen molar-refractivity contribution in [3.63, 3.8) is 0 Å². The number of thiazole rings is 1. The van der Waals surface area contributed by atoms with Gasteiger partial charge in [0.2, 0.25) is 5.91 Å². The molecule has 24 heavy (non-hydrogen) atoms. The highest BCUT2D eigenvalue weighted by Crippen LogP contribution is 2.11. The highest BCUT2D eigenvalue weighted by molar-refractivity contribution is 7.11. The minimum absolute atomic E-state index is 0.0243. The Balaban J connectivity index is 1.82. The Kier molecular flexibility index (Phi) is 7.45. The summed E-state index contributed by atoms with van der Waals surface area (Å²) in [4.78, 5) is 23.2. The molecular formula is C16H27N5O2S. The van der Waals surface area contributed by atoms with Crippen LogP contribution in [0.3, 0.4) is 0 Å². The summed E-state index contributed by atoms with van der Waals surface area (Å²) in [5.74, 6) is 0.623. The van der Waals surface area contributed by atoms with Crippen molar-refractivity contribution in [3.8, 4) is 0 Å². The van der Waals surface area contributed by atoms with Gasteiger partial charge in [0.05, 0.1) is 11.1 Å². The van der Waals surface area contributed by atoms with Crippen LogP contribution in [0.15, 0.2) is 11.2 Å². The topological polar surface area (TPSA) is 78.9 Å². The summed E-state index contributed by atoms with van der Waals surface area (Å²) in [7, 11) is 3.46. The summed E-state index contributed by atoms with van der Waals surface area (Å²) in [6.45, 7) is 4.44. The van der Waals surface area contributed by atoms with E-state index in [9.17, 15) is 4.79 Å². The molecule has 0 aliphatic carbocycles. The van der Waals surface area contributed by atoms with E-state index in [1.807, 2.05) is 6.20 Å². The van der Waals surface area contributed by atoms with Crippen LogP contribution in [0.1, 0.15) is 22.7 Å². The van der Waals surface area contributed by atoms with Crippen molar-refractivity contribution >= 4 is 23.2 Å². The predicted molar refractivity (Wildman–Crippen MR) is 96.5 cm³/mol. The van der Waals surface area contributed by atoms with Crippen LogP contribution in [0.2, 0.25) is 0 Å². The molecule has 1 aliphatic heterocycles. The number of hydrogen-bond acceptors (Lipinski definition) is 5. The number of hydrogen-bond donors (Lipinski definition) is 2. The first-order valence-electron chi connectivity index (χ1n) is 8.30. The van der Waals surface area contributed by atoms with Gasteiger partial charge in [-0.05, 0) is 19.8 Å². The molecule has 8 heteroatoms. The molecule has 134 valence electrons. The van der Waals surface area contributed by atoms with E-state index in [1.165, 1.54) is 4.88 Å². The lowest BCUT2D eigenvalue weighted by molar-refractivity contribution is -0.127. The van der Waals surface area contributed by atoms with Gasteiger partial charge >= 0.3 is 0 Å². The maximum Gasteiger partial charge on any atom is 0.243 e. The summed E-state index contributed by atoms with van der Waals surface area (Å²) in [5, 5.41) is 7.65. The van der Waals surface area contributed by atoms with Crippen molar-refractivity contribution in [2.45, 2.75) is 32.3 Å². The van der Waals surface area contributed by atoms with Gasteiger partial charge in [-0.2, -0.15) is 0 Å². The first kappa shape index (κ1) is 18.7. The molecule has 0 spiro atoms. The number of likely N-dealkylation sites (N-methyl/N-ethyl adjacent to an activating group) is 1. The van der Waals surface area contributed by atoms with Crippen molar-refractivity contribution in [1.29, 1.82) is 0 Å². The average Bonchev–Trinajstić information content (AvgIpc) is 3.20. The number of aryl methyl sites for hydroxylation is 1. The maximum absolute atomic E-state index is 11.7. The van der Waals surface area contributed by atoms with Gasteiger partial charge in [0.15, 0.2) is 5.96 Å². The number of aromatic nitrogens is 1. The van der Waals surface area contributed by atoms with Gasteiger partial charge in [0, 0.05) is 51.3 Å². The summed E-state index contributed by atoms with van der Waals surface area (Å²) in [5.41, 5.74) is 0. The molecule has 1 fully saturated rings. The molecule has 0 aromatic carbocycles. The lowest BCUT2D eigenvalue weighted by Crippen LogP contribution is -2.42. The second kappa shape index (κ2) is 9.58. The number of guanidine groups is 1. The van der Waals surface area contributed by atoms with Crippen LogP contribution in [-0.4, -0.2) is 68.2 Å². The lowest BCUT2D eigenvalue weighted by Gasteiger charge is -2.16. The molecule has 1 aromatic heterocycles. The van der Waals surface area contributed by atoms with Crippen LogP contribution < -0.4 is 10.6 Å². The maximum atomic E-state index is 11.7. The number of carbonyl (C=O) groups excluding carboxylic acids is 1. The summed E-state index contributed by atoms with van der Waals surface area (Å²) >= 11 is 1.70. The van der Waals surface area contributed by atoms with Crippen LogP contribution >= 0.6 is 11.3 Å². The minimum Gasteiger partial charge on any atom is -0.376 e. The third-order valence-electron chi connectivity index (χ3n) is 3.69. The van der Waals surface area contributed by atoms with Gasteiger partial charge in [0.1, 0.15) is 6.54 Å². The zero-order valence-electron chi connectivity index (χ0n) is 14.7. The predicted octanol–water partition coefficient (Wildman–Crippen LogP) is 0.796. The number of amides is 1. The van der Waals surface area contributed by atoms with E-state index in [2.05, 4.69) is 27.5 Å². The summed E-state index contributed by atoms with van der Waals surface area (Å²) in [6, 6.07) is 0. The molecule has 1 aromatic rings. The molecule has 1 aliphatic rings. The molecule has 7 nitrogen and oxygen atoms in total. The Bertz CT molecular complexity index is 552. The molecule has 0 bridgehead atoms. The number of nitrogens with one attached hydrogen (secondary N) is 2. The van der Waals surface area contributed by atoms with Crippen molar-refractivity contribution in [1.82, 2.24) is 20.5 Å². The molecule has 0 saturated carbocycles. The zero-order chi connectivity index (χ0) is 17.4. The van der Waals surface area contributed by atoms with E-state index < -0.39 is 0 Å². The fourth-order valence-corrected chi connectivity index (χ4v) is 3.07. The van der Waals surface area contributed by atoms with E-state index >= 15 is 0 Å². The monoisotopic (exact) mass is 353 g/mol. The van der Waals surface area contributed by atoms with E-state index in [4.69, 9.17) is 4.74 Å². The molecular weight excluding hydrogens is 326 g/mol. The molecule has 1 unspecified atom stereocenters. The Morgan fingerprint density at radius 3 is 2.96 bits per heavy atom. The quantitative estimate of drug-likeness (QED) is 0.560. The van der Waals surface area contributed by atoms with Crippen LogP contribution in [0.4, 0.5) is 0 Å². The van der Waals surface area contributed by atoms with E-state index in [0.717, 1.165) is 37.4 Å². The zero-order valence-corrected chi connectivity index (χ0v) is 15.5. The normalized spacial score (nSPS) is 17.8. The highest BCUT2D eigenvalue weighted by Gasteiger charge is 2.15. The third kappa shape index (κ3) is 6.45. The third-order valence-corrected chi connectivity index (χ3v) is 4.67. The van der Waals surface area contributed by atoms with Crippen LogP contribution in [-0.2, 0) is 16.0 Å². The number of nitrogens with zero attached hydrogens (tertiary/aromatic N) is 3. The number of carbonyl (C=O) groups is 1. The minimum atomic E-state index is -0.0243. The fourth-order valence-electron chi connectivity index (χ4n) is 2.28. The lowest BCUT2D eigenvalue weighted by atomic mass is 10.2. The summed E-state index contributed by atoms with van der Waals surface area (Å²) in [6.07, 6.45) is 5.12. The first-order valence-corrected chi connectivity index (χ1v) is 9.11. The van der Waals surface area contributed by atoms with Crippen LogP contribution in [0.25, 0.3) is 0 Å². The summed E-state index contributed by atoms with van der Waals surface area (Å²) < 4.78 is 5.61. The van der Waals surface area contributed by atoms with Gasteiger partial charge in [-0.3, -0.25) is 4.79 Å². The van der Waals surface area contributed by atoms with Gasteiger partial charge in [-0.1, -0.05) is 0 Å². The Morgan fingerprint density at radius 1 is 1.50 bits per heavy atom. The Labute approximate surface area is 147 Å². The van der Waals surface area contributed by atoms with Crippen molar-refractivity contribution in [3.05, 3.63) is 16.1 Å². The standard InChI is InChI=1S/C16H27N5O2S/c1-12-9-18-14(24-12)6-7-17-16(20-11-15(22)21(2)3)19-10-13-5-4-8-23-13/h9,13H,4-8,10-11H2,1-3H3,(H2,17,19,20). The SMILES string of the molecule is Cc1cnc(CCNC(=NCC(=O)N(C)C)NCC2CCCO2)s1. The molecule has 0 radical (unpaired) electrons. The van der Waals surface area contributed by atoms with Gasteiger partial charge in [-0.25, -0.2) is 9.98 Å². The molecule has 1 amide bonds. The van der Waals surface area contributed by atoms with Gasteiger partial charge in [-0.15, -0.1) is 11.3 Å². The highest BCUT2D eigenvalue weighted by atomic mass is 32.1. The first-order chi connectivity index (χ1) is 11.5. The Hall–Kier alpha value is -1.67. The van der Waals surface area contributed by atoms with Crippen molar-refractivity contribution < 1.29 is 9.53 Å². The van der Waals surface area contributed by atoms with Gasteiger partial charge < -0.3 is 20.3 Å². The fraction of sp³-hybridized carbons (Fsp3) is 0.688. The van der Waals surface area contributed by atoms with E-state index in [0.29, 0.717) is 12.5 Å². The molecule has 1 atom stereocenters. The largest absolute Gasteiger partial charge is 0.376 e. The number of ether oxygens (including phenoxy) is 1. The average molecular weight is 353 g/mol. The molecule has 2 N–H and O–H groups in total. The van der Waals surface area contributed by atoms with Gasteiger partial charge in [0.25, 0.3) is 0 Å². The van der Waals surface area contributed by atoms with E-state index in [1.54, 1.807) is 30.3 Å². The van der Waals surface area contributed by atoms with Crippen molar-refractivity contribution in [2.75, 3.05) is 40.3 Å². The second-order valence-corrected chi connectivity index (χ2v) is 7.33. The van der Waals surface area contributed by atoms with Crippen molar-refractivity contribution in [2.24, 2.45) is 4.99 Å². The smallest absolute Gasteiger partial charge is 0.243 e. The molecule has 1 saturated heterocycles. The molecule has 2 heterocycles. The van der Waals surface area contributed by atoms with Crippen LogP contribution in [0.5, 0.6) is 0 Å². The van der Waals surface area contributed by atoms with E-state index in [-0.39, 0.29) is 18.6 Å². The van der Waals surface area contributed by atoms with Crippen LogP contribution in [0, 0.1) is 6.92 Å². The molecule has 2 rings (SSSR count).